The molecular weight excluding hydrogens is 277 g/mol. The van der Waals surface area contributed by atoms with Crippen LogP contribution in [0.4, 0.5) is 18.0 Å². The molecule has 3 amide bonds. The van der Waals surface area contributed by atoms with E-state index in [0.717, 1.165) is 4.90 Å². The van der Waals surface area contributed by atoms with Gasteiger partial charge in [-0.1, -0.05) is 0 Å². The van der Waals surface area contributed by atoms with Gasteiger partial charge < -0.3 is 21.7 Å². The predicted molar refractivity (Wildman–Crippen MR) is 65.5 cm³/mol. The largest absolute Gasteiger partial charge is 0.415 e. The maximum atomic E-state index is 12.7. The Bertz CT molecular complexity index is 384. The van der Waals surface area contributed by atoms with Crippen LogP contribution < -0.4 is 16.8 Å². The third kappa shape index (κ3) is 3.75. The summed E-state index contributed by atoms with van der Waals surface area (Å²) < 4.78 is 38.2. The zero-order chi connectivity index (χ0) is 15.6. The summed E-state index contributed by atoms with van der Waals surface area (Å²) in [6.07, 6.45) is -3.54. The molecule has 1 heterocycles. The number of carbonyl (C=O) groups excluding carboxylic acids is 2. The average molecular weight is 296 g/mol. The van der Waals surface area contributed by atoms with Crippen molar-refractivity contribution in [3.05, 3.63) is 0 Å². The van der Waals surface area contributed by atoms with E-state index in [4.69, 9.17) is 11.5 Å². The Balaban J connectivity index is 2.67. The molecule has 9 heteroatoms. The van der Waals surface area contributed by atoms with Crippen molar-refractivity contribution in [2.75, 3.05) is 19.6 Å². The van der Waals surface area contributed by atoms with Crippen LogP contribution in [0.5, 0.6) is 0 Å². The van der Waals surface area contributed by atoms with Gasteiger partial charge in [-0.15, -0.1) is 0 Å². The number of nitrogens with one attached hydrogen (secondary N) is 1. The Labute approximate surface area is 114 Å². The van der Waals surface area contributed by atoms with Crippen molar-refractivity contribution in [3.8, 4) is 0 Å². The minimum Gasteiger partial charge on any atom is -0.352 e. The minimum atomic E-state index is -4.80. The molecule has 0 aromatic heterocycles. The number of halogens is 3. The molecule has 2 unspecified atom stereocenters. The first-order valence-corrected chi connectivity index (χ1v) is 6.24. The summed E-state index contributed by atoms with van der Waals surface area (Å²) in [4.78, 5) is 23.6. The van der Waals surface area contributed by atoms with E-state index in [9.17, 15) is 22.8 Å². The van der Waals surface area contributed by atoms with E-state index in [1.54, 1.807) is 0 Å². The second kappa shape index (κ2) is 5.86. The van der Waals surface area contributed by atoms with Crippen LogP contribution >= 0.6 is 0 Å². The summed E-state index contributed by atoms with van der Waals surface area (Å²) in [5.74, 6) is -1.27. The lowest BCUT2D eigenvalue weighted by Gasteiger charge is -2.38. The number of nitrogens with zero attached hydrogens (tertiary/aromatic N) is 1. The summed E-state index contributed by atoms with van der Waals surface area (Å²) in [6, 6.07) is -0.701. The SMILES string of the molecule is CC(N)(C(=O)N1CCCC(CNC(N)=O)C1)C(F)(F)F. The van der Waals surface area contributed by atoms with Crippen molar-refractivity contribution in [2.24, 2.45) is 17.4 Å². The van der Waals surface area contributed by atoms with Crippen molar-refractivity contribution < 1.29 is 22.8 Å². The Morgan fingerprint density at radius 1 is 1.40 bits per heavy atom. The molecule has 0 saturated carbocycles. The van der Waals surface area contributed by atoms with E-state index in [0.29, 0.717) is 19.8 Å². The maximum Gasteiger partial charge on any atom is 0.415 e. The van der Waals surface area contributed by atoms with E-state index in [2.05, 4.69) is 5.32 Å². The predicted octanol–water partition coefficient (Wildman–Crippen LogP) is 0.173. The number of urea groups is 1. The van der Waals surface area contributed by atoms with Gasteiger partial charge >= 0.3 is 12.2 Å². The van der Waals surface area contributed by atoms with Gasteiger partial charge in [0.1, 0.15) is 0 Å². The molecule has 1 saturated heterocycles. The number of amides is 3. The Hall–Kier alpha value is -1.51. The highest BCUT2D eigenvalue weighted by Crippen LogP contribution is 2.30. The van der Waals surface area contributed by atoms with E-state index in [1.807, 2.05) is 0 Å². The standard InChI is InChI=1S/C11H19F3N4O2/c1-10(16,11(12,13)14)8(19)18-4-2-3-7(6-18)5-17-9(15)20/h7H,2-6,16H2,1H3,(H3,15,17,20). The lowest BCUT2D eigenvalue weighted by atomic mass is 9.94. The monoisotopic (exact) mass is 296 g/mol. The number of likely N-dealkylation sites (tertiary alicyclic amines) is 1. The second-order valence-electron chi connectivity index (χ2n) is 5.20. The first-order chi connectivity index (χ1) is 9.05. The van der Waals surface area contributed by atoms with Crippen molar-refractivity contribution in [2.45, 2.75) is 31.5 Å². The van der Waals surface area contributed by atoms with Crippen molar-refractivity contribution >= 4 is 11.9 Å². The highest BCUT2D eigenvalue weighted by atomic mass is 19.4. The summed E-state index contributed by atoms with van der Waals surface area (Å²) in [5, 5.41) is 2.39. The van der Waals surface area contributed by atoms with Crippen molar-refractivity contribution in [3.63, 3.8) is 0 Å². The lowest BCUT2D eigenvalue weighted by molar-refractivity contribution is -0.194. The molecule has 1 fully saturated rings. The summed E-state index contributed by atoms with van der Waals surface area (Å²) in [5.41, 5.74) is 7.16. The van der Waals surface area contributed by atoms with Crippen LogP contribution in [0.3, 0.4) is 0 Å². The molecular formula is C11H19F3N4O2. The molecule has 2 atom stereocenters. The highest BCUT2D eigenvalue weighted by Gasteiger charge is 2.55. The molecule has 0 aliphatic carbocycles. The molecule has 0 radical (unpaired) electrons. The van der Waals surface area contributed by atoms with Crippen LogP contribution in [-0.4, -0.2) is 48.2 Å². The number of alkyl halides is 3. The molecule has 116 valence electrons. The van der Waals surface area contributed by atoms with E-state index >= 15 is 0 Å². The average Bonchev–Trinajstić information content (AvgIpc) is 2.34. The van der Waals surface area contributed by atoms with Crippen LogP contribution in [0, 0.1) is 5.92 Å². The fraction of sp³-hybridized carbons (Fsp3) is 0.818. The van der Waals surface area contributed by atoms with Crippen molar-refractivity contribution in [1.82, 2.24) is 10.2 Å². The molecule has 1 aliphatic heterocycles. The molecule has 5 N–H and O–H groups in total. The second-order valence-corrected chi connectivity index (χ2v) is 5.20. The third-order valence-electron chi connectivity index (χ3n) is 3.40. The minimum absolute atomic E-state index is 0.121. The van der Waals surface area contributed by atoms with Gasteiger partial charge in [-0.3, -0.25) is 4.79 Å². The molecule has 20 heavy (non-hydrogen) atoms. The van der Waals surface area contributed by atoms with Crippen LogP contribution in [0.25, 0.3) is 0 Å². The number of primary amides is 1. The van der Waals surface area contributed by atoms with Gasteiger partial charge in [0.05, 0.1) is 0 Å². The Morgan fingerprint density at radius 3 is 2.50 bits per heavy atom. The quantitative estimate of drug-likeness (QED) is 0.692. The fourth-order valence-corrected chi connectivity index (χ4v) is 2.11. The molecule has 0 spiro atoms. The maximum absolute atomic E-state index is 12.7. The zero-order valence-corrected chi connectivity index (χ0v) is 11.2. The summed E-state index contributed by atoms with van der Waals surface area (Å²) in [6.45, 7) is 1.25. The topological polar surface area (TPSA) is 101 Å². The number of hydrogen-bond acceptors (Lipinski definition) is 3. The number of rotatable bonds is 3. The van der Waals surface area contributed by atoms with Gasteiger partial charge in [0.15, 0.2) is 5.54 Å². The molecule has 0 bridgehead atoms. The first kappa shape index (κ1) is 16.5. The van der Waals surface area contributed by atoms with Crippen LogP contribution in [-0.2, 0) is 4.79 Å². The number of piperidine rings is 1. The molecule has 0 aromatic rings. The van der Waals surface area contributed by atoms with Gasteiger partial charge in [0, 0.05) is 19.6 Å². The van der Waals surface area contributed by atoms with E-state index < -0.39 is 23.7 Å². The Morgan fingerprint density at radius 2 is 2.00 bits per heavy atom. The molecule has 6 nitrogen and oxygen atoms in total. The van der Waals surface area contributed by atoms with Crippen molar-refractivity contribution in [1.29, 1.82) is 0 Å². The lowest BCUT2D eigenvalue weighted by Crippen LogP contribution is -2.63. The number of carbonyl (C=O) groups is 2. The molecule has 1 aliphatic rings. The first-order valence-electron chi connectivity index (χ1n) is 6.24. The van der Waals surface area contributed by atoms with E-state index in [1.165, 1.54) is 0 Å². The Kier molecular flexibility index (Phi) is 4.85. The van der Waals surface area contributed by atoms with Crippen LogP contribution in [0.15, 0.2) is 0 Å². The van der Waals surface area contributed by atoms with Crippen LogP contribution in [0.2, 0.25) is 0 Å². The highest BCUT2D eigenvalue weighted by molar-refractivity contribution is 5.86. The van der Waals surface area contributed by atoms with Gasteiger partial charge in [0.2, 0.25) is 0 Å². The normalized spacial score (nSPS) is 23.1. The summed E-state index contributed by atoms with van der Waals surface area (Å²) in [7, 11) is 0. The number of nitrogens with two attached hydrogens (primary N) is 2. The smallest absolute Gasteiger partial charge is 0.352 e. The van der Waals surface area contributed by atoms with Gasteiger partial charge in [-0.2, -0.15) is 13.2 Å². The third-order valence-corrected chi connectivity index (χ3v) is 3.40. The fourth-order valence-electron chi connectivity index (χ4n) is 2.11. The molecule has 0 aromatic carbocycles. The molecule has 1 rings (SSSR count). The van der Waals surface area contributed by atoms with E-state index in [-0.39, 0.29) is 25.6 Å². The number of hydrogen-bond donors (Lipinski definition) is 3. The van der Waals surface area contributed by atoms with Crippen LogP contribution in [0.1, 0.15) is 19.8 Å². The summed E-state index contributed by atoms with van der Waals surface area (Å²) >= 11 is 0. The van der Waals surface area contributed by atoms with Gasteiger partial charge in [-0.05, 0) is 25.7 Å². The van der Waals surface area contributed by atoms with Gasteiger partial charge in [0.25, 0.3) is 5.91 Å². The van der Waals surface area contributed by atoms with Gasteiger partial charge in [-0.25, -0.2) is 4.79 Å². The zero-order valence-electron chi connectivity index (χ0n) is 11.2.